The number of carbonyl (C=O) groups is 1. The molecule has 2 N–H and O–H groups in total. The summed E-state index contributed by atoms with van der Waals surface area (Å²) in [5, 5.41) is 12.8. The van der Waals surface area contributed by atoms with E-state index >= 15 is 0 Å². The van der Waals surface area contributed by atoms with E-state index in [0.717, 1.165) is 18.7 Å². The second-order valence-corrected chi connectivity index (χ2v) is 5.92. The van der Waals surface area contributed by atoms with Gasteiger partial charge in [-0.15, -0.1) is 0 Å². The molecule has 0 saturated heterocycles. The largest absolute Gasteiger partial charge is 0.480 e. The number of carboxylic acid groups (broad SMARTS) is 1. The summed E-state index contributed by atoms with van der Waals surface area (Å²) in [5.74, 6) is 0.136. The molecular weight excluding hydrogens is 210 g/mol. The van der Waals surface area contributed by atoms with Crippen LogP contribution >= 0.6 is 11.8 Å². The van der Waals surface area contributed by atoms with Crippen LogP contribution < -0.4 is 5.32 Å². The molecule has 0 aliphatic carbocycles. The Morgan fingerprint density at radius 3 is 2.53 bits per heavy atom. The fraction of sp³-hybridized carbons (Fsp3) is 0.909. The zero-order chi connectivity index (χ0) is 11.9. The third kappa shape index (κ3) is 6.05. The Morgan fingerprint density at radius 2 is 2.13 bits per heavy atom. The Labute approximate surface area is 97.0 Å². The van der Waals surface area contributed by atoms with Crippen LogP contribution in [-0.4, -0.2) is 34.2 Å². The maximum absolute atomic E-state index is 11.1. The maximum Gasteiger partial charge on any atom is 0.323 e. The van der Waals surface area contributed by atoms with Crippen molar-refractivity contribution in [1.82, 2.24) is 5.32 Å². The summed E-state index contributed by atoms with van der Waals surface area (Å²) in [6.07, 6.45) is 1.63. The Kier molecular flexibility index (Phi) is 7.02. The predicted molar refractivity (Wildman–Crippen MR) is 66.5 cm³/mol. The molecule has 90 valence electrons. The van der Waals surface area contributed by atoms with Crippen LogP contribution in [0, 0.1) is 0 Å². The Balaban J connectivity index is 4.07. The van der Waals surface area contributed by atoms with E-state index in [9.17, 15) is 4.79 Å². The molecule has 4 heteroatoms. The smallest absolute Gasteiger partial charge is 0.323 e. The van der Waals surface area contributed by atoms with Gasteiger partial charge in [0, 0.05) is 0 Å². The lowest BCUT2D eigenvalue weighted by molar-refractivity contribution is -0.144. The van der Waals surface area contributed by atoms with Gasteiger partial charge in [-0.2, -0.15) is 11.8 Å². The topological polar surface area (TPSA) is 49.3 Å². The van der Waals surface area contributed by atoms with Gasteiger partial charge in [-0.25, -0.2) is 0 Å². The van der Waals surface area contributed by atoms with Gasteiger partial charge in [0.15, 0.2) is 0 Å². The van der Waals surface area contributed by atoms with E-state index in [2.05, 4.69) is 19.2 Å². The van der Waals surface area contributed by atoms with Crippen LogP contribution in [0.4, 0.5) is 0 Å². The minimum Gasteiger partial charge on any atom is -0.480 e. The lowest BCUT2D eigenvalue weighted by Gasteiger charge is -2.26. The molecule has 0 fully saturated rings. The van der Waals surface area contributed by atoms with Crippen molar-refractivity contribution in [3.63, 3.8) is 0 Å². The van der Waals surface area contributed by atoms with Crippen LogP contribution in [0.5, 0.6) is 0 Å². The third-order valence-electron chi connectivity index (χ3n) is 2.29. The first-order valence-electron chi connectivity index (χ1n) is 5.52. The van der Waals surface area contributed by atoms with Crippen LogP contribution in [0.1, 0.15) is 40.5 Å². The number of carboxylic acids is 1. The molecule has 0 saturated carbocycles. The van der Waals surface area contributed by atoms with Gasteiger partial charge in [0.25, 0.3) is 0 Å². The molecule has 0 radical (unpaired) electrons. The molecule has 15 heavy (non-hydrogen) atoms. The minimum absolute atomic E-state index is 0.564. The summed E-state index contributed by atoms with van der Waals surface area (Å²) in [5.41, 5.74) is -0.766. The van der Waals surface area contributed by atoms with E-state index < -0.39 is 11.5 Å². The van der Waals surface area contributed by atoms with Crippen molar-refractivity contribution < 1.29 is 9.90 Å². The van der Waals surface area contributed by atoms with Crippen molar-refractivity contribution in [2.24, 2.45) is 0 Å². The first-order chi connectivity index (χ1) is 6.92. The predicted octanol–water partition coefficient (Wildman–Crippen LogP) is 2.36. The highest BCUT2D eigenvalue weighted by molar-refractivity contribution is 7.99. The summed E-state index contributed by atoms with van der Waals surface area (Å²) in [6, 6.07) is 0. The van der Waals surface area contributed by atoms with Gasteiger partial charge in [0.05, 0.1) is 0 Å². The van der Waals surface area contributed by atoms with Gasteiger partial charge in [-0.1, -0.05) is 20.8 Å². The van der Waals surface area contributed by atoms with Crippen molar-refractivity contribution in [2.75, 3.05) is 12.3 Å². The lowest BCUT2D eigenvalue weighted by atomic mass is 9.99. The van der Waals surface area contributed by atoms with Crippen LogP contribution in [-0.2, 0) is 4.79 Å². The SMILES string of the molecule is CCCNC(C)(CCSC(C)C)C(=O)O. The van der Waals surface area contributed by atoms with E-state index in [4.69, 9.17) is 5.11 Å². The molecular formula is C11H23NO2S. The maximum atomic E-state index is 11.1. The summed E-state index contributed by atoms with van der Waals surface area (Å²) in [7, 11) is 0. The second-order valence-electron chi connectivity index (χ2n) is 4.23. The highest BCUT2D eigenvalue weighted by atomic mass is 32.2. The van der Waals surface area contributed by atoms with Gasteiger partial charge in [0.1, 0.15) is 5.54 Å². The molecule has 0 amide bonds. The number of hydrogen-bond acceptors (Lipinski definition) is 3. The normalized spacial score (nSPS) is 15.3. The molecule has 1 atom stereocenters. The summed E-state index contributed by atoms with van der Waals surface area (Å²) < 4.78 is 0. The summed E-state index contributed by atoms with van der Waals surface area (Å²) in [4.78, 5) is 11.1. The highest BCUT2D eigenvalue weighted by Gasteiger charge is 2.31. The van der Waals surface area contributed by atoms with Gasteiger partial charge in [-0.3, -0.25) is 4.79 Å². The van der Waals surface area contributed by atoms with Crippen molar-refractivity contribution in [3.8, 4) is 0 Å². The Hall–Kier alpha value is -0.220. The average molecular weight is 233 g/mol. The number of thioether (sulfide) groups is 1. The quantitative estimate of drug-likeness (QED) is 0.676. The zero-order valence-corrected chi connectivity index (χ0v) is 11.0. The van der Waals surface area contributed by atoms with Crippen molar-refractivity contribution >= 4 is 17.7 Å². The number of aliphatic carboxylic acids is 1. The molecule has 0 rings (SSSR count). The second kappa shape index (κ2) is 7.12. The first-order valence-corrected chi connectivity index (χ1v) is 6.57. The minimum atomic E-state index is -0.766. The fourth-order valence-electron chi connectivity index (χ4n) is 1.17. The number of hydrogen-bond donors (Lipinski definition) is 2. The molecule has 1 unspecified atom stereocenters. The molecule has 0 aromatic heterocycles. The van der Waals surface area contributed by atoms with Gasteiger partial charge < -0.3 is 10.4 Å². The monoisotopic (exact) mass is 233 g/mol. The molecule has 3 nitrogen and oxygen atoms in total. The number of rotatable bonds is 8. The standard InChI is InChI=1S/C11H23NO2S/c1-5-7-12-11(4,10(13)14)6-8-15-9(2)3/h9,12H,5-8H2,1-4H3,(H,13,14). The van der Waals surface area contributed by atoms with Gasteiger partial charge in [0.2, 0.25) is 0 Å². The third-order valence-corrected chi connectivity index (χ3v) is 3.40. The summed E-state index contributed by atoms with van der Waals surface area (Å²) >= 11 is 1.81. The highest BCUT2D eigenvalue weighted by Crippen LogP contribution is 2.17. The fourth-order valence-corrected chi connectivity index (χ4v) is 2.17. The van der Waals surface area contributed by atoms with Crippen molar-refractivity contribution in [3.05, 3.63) is 0 Å². The Morgan fingerprint density at radius 1 is 1.53 bits per heavy atom. The molecule has 0 aromatic rings. The van der Waals surface area contributed by atoms with Crippen LogP contribution in [0.25, 0.3) is 0 Å². The average Bonchev–Trinajstić information content (AvgIpc) is 2.14. The molecule has 0 heterocycles. The molecule has 0 bridgehead atoms. The van der Waals surface area contributed by atoms with Crippen molar-refractivity contribution in [1.29, 1.82) is 0 Å². The van der Waals surface area contributed by atoms with E-state index in [-0.39, 0.29) is 0 Å². The molecule has 0 spiro atoms. The van der Waals surface area contributed by atoms with Crippen LogP contribution in [0.15, 0.2) is 0 Å². The molecule has 0 aliphatic heterocycles. The molecule has 0 aromatic carbocycles. The van der Waals surface area contributed by atoms with Crippen LogP contribution in [0.2, 0.25) is 0 Å². The zero-order valence-electron chi connectivity index (χ0n) is 10.2. The van der Waals surface area contributed by atoms with E-state index in [0.29, 0.717) is 11.7 Å². The van der Waals surface area contributed by atoms with Crippen LogP contribution in [0.3, 0.4) is 0 Å². The van der Waals surface area contributed by atoms with E-state index in [1.54, 1.807) is 18.7 Å². The summed E-state index contributed by atoms with van der Waals surface area (Å²) in [6.45, 7) is 8.82. The first kappa shape index (κ1) is 14.8. The van der Waals surface area contributed by atoms with E-state index in [1.807, 2.05) is 6.92 Å². The molecule has 0 aliphatic rings. The van der Waals surface area contributed by atoms with E-state index in [1.165, 1.54) is 0 Å². The number of nitrogens with one attached hydrogen (secondary N) is 1. The van der Waals surface area contributed by atoms with Gasteiger partial charge in [-0.05, 0) is 37.3 Å². The van der Waals surface area contributed by atoms with Crippen molar-refractivity contribution in [2.45, 2.75) is 51.3 Å². The van der Waals surface area contributed by atoms with Gasteiger partial charge >= 0.3 is 5.97 Å². The Bertz CT molecular complexity index is 197. The lowest BCUT2D eigenvalue weighted by Crippen LogP contribution is -2.50.